The minimum atomic E-state index is -0.267. The molecular weight excluding hydrogens is 359 g/mol. The lowest BCUT2D eigenvalue weighted by Crippen LogP contribution is -2.44. The molecule has 1 fully saturated rings. The Balaban J connectivity index is 1.59. The Morgan fingerprint density at radius 3 is 2.61 bits per heavy atom. The van der Waals surface area contributed by atoms with Gasteiger partial charge in [-0.15, -0.1) is 0 Å². The second kappa shape index (κ2) is 10.2. The van der Waals surface area contributed by atoms with Crippen molar-refractivity contribution in [1.29, 1.82) is 0 Å². The third-order valence-electron chi connectivity index (χ3n) is 4.95. The van der Waals surface area contributed by atoms with E-state index in [1.807, 2.05) is 24.3 Å². The van der Waals surface area contributed by atoms with Gasteiger partial charge in [0.2, 0.25) is 0 Å². The minimum Gasteiger partial charge on any atom is -0.483 e. The fraction of sp³-hybridized carbons (Fsp3) is 0.409. The van der Waals surface area contributed by atoms with Gasteiger partial charge in [-0.25, -0.2) is 4.39 Å². The van der Waals surface area contributed by atoms with Gasteiger partial charge in [0.25, 0.3) is 5.91 Å². The third kappa shape index (κ3) is 5.53. The maximum absolute atomic E-state index is 13.3. The monoisotopic (exact) mass is 386 g/mol. The van der Waals surface area contributed by atoms with Crippen molar-refractivity contribution in [2.24, 2.45) is 0 Å². The summed E-state index contributed by atoms with van der Waals surface area (Å²) in [4.78, 5) is 14.6. The van der Waals surface area contributed by atoms with Gasteiger partial charge in [0.15, 0.2) is 6.61 Å². The van der Waals surface area contributed by atoms with Crippen LogP contribution in [-0.2, 0) is 16.0 Å². The number of nitrogens with one attached hydrogen (secondary N) is 1. The van der Waals surface area contributed by atoms with Gasteiger partial charge in [-0.1, -0.05) is 37.3 Å². The summed E-state index contributed by atoms with van der Waals surface area (Å²) in [5, 5.41) is 2.96. The number of rotatable bonds is 8. The average Bonchev–Trinajstić information content (AvgIpc) is 2.74. The van der Waals surface area contributed by atoms with Crippen molar-refractivity contribution >= 4 is 5.91 Å². The molecule has 0 spiro atoms. The number of nitrogens with zero attached hydrogens (tertiary/aromatic N) is 1. The van der Waals surface area contributed by atoms with Crippen LogP contribution < -0.4 is 10.1 Å². The van der Waals surface area contributed by atoms with Crippen LogP contribution in [0.2, 0.25) is 0 Å². The fourth-order valence-electron chi connectivity index (χ4n) is 3.37. The number of hydrogen-bond donors (Lipinski definition) is 1. The number of morpholine rings is 1. The normalized spacial score (nSPS) is 15.8. The molecule has 150 valence electrons. The van der Waals surface area contributed by atoms with E-state index in [-0.39, 0.29) is 24.4 Å². The van der Waals surface area contributed by atoms with Crippen LogP contribution >= 0.6 is 0 Å². The van der Waals surface area contributed by atoms with Crippen LogP contribution in [0.25, 0.3) is 0 Å². The number of hydrogen-bond acceptors (Lipinski definition) is 4. The Labute approximate surface area is 165 Å². The number of carbonyl (C=O) groups is 1. The molecule has 0 bridgehead atoms. The van der Waals surface area contributed by atoms with Crippen molar-refractivity contribution in [2.75, 3.05) is 39.5 Å². The summed E-state index contributed by atoms with van der Waals surface area (Å²) in [5.41, 5.74) is 2.05. The minimum absolute atomic E-state index is 0.0311. The molecule has 1 heterocycles. The molecule has 0 saturated carbocycles. The van der Waals surface area contributed by atoms with Gasteiger partial charge >= 0.3 is 0 Å². The van der Waals surface area contributed by atoms with Crippen molar-refractivity contribution in [1.82, 2.24) is 10.2 Å². The van der Waals surface area contributed by atoms with E-state index in [1.54, 1.807) is 12.1 Å². The molecule has 1 saturated heterocycles. The van der Waals surface area contributed by atoms with E-state index in [2.05, 4.69) is 17.1 Å². The van der Waals surface area contributed by atoms with Crippen LogP contribution in [0.15, 0.2) is 48.5 Å². The number of aryl methyl sites for hydroxylation is 1. The van der Waals surface area contributed by atoms with Gasteiger partial charge < -0.3 is 14.8 Å². The van der Waals surface area contributed by atoms with Crippen molar-refractivity contribution < 1.29 is 18.7 Å². The van der Waals surface area contributed by atoms with Gasteiger partial charge in [-0.3, -0.25) is 9.69 Å². The lowest BCUT2D eigenvalue weighted by Gasteiger charge is -2.35. The Hall–Kier alpha value is -2.44. The molecule has 1 aliphatic heterocycles. The van der Waals surface area contributed by atoms with Gasteiger partial charge in [0.05, 0.1) is 19.3 Å². The van der Waals surface area contributed by atoms with Crippen LogP contribution in [-0.4, -0.2) is 50.3 Å². The van der Waals surface area contributed by atoms with Gasteiger partial charge in [-0.2, -0.15) is 0 Å². The van der Waals surface area contributed by atoms with E-state index in [4.69, 9.17) is 9.47 Å². The molecule has 2 aromatic rings. The summed E-state index contributed by atoms with van der Waals surface area (Å²) in [6.45, 7) is 5.32. The summed E-state index contributed by atoms with van der Waals surface area (Å²) in [6, 6.07) is 14.2. The topological polar surface area (TPSA) is 50.8 Å². The highest BCUT2D eigenvalue weighted by Crippen LogP contribution is 2.22. The first-order valence-corrected chi connectivity index (χ1v) is 9.72. The molecule has 1 unspecified atom stereocenters. The maximum Gasteiger partial charge on any atom is 0.258 e. The van der Waals surface area contributed by atoms with Crippen LogP contribution in [0, 0.1) is 5.82 Å². The number of para-hydroxylation sites is 1. The van der Waals surface area contributed by atoms with Crippen LogP contribution in [0.1, 0.15) is 24.1 Å². The number of carbonyl (C=O) groups excluding carboxylic acids is 1. The molecule has 0 radical (unpaired) electrons. The molecule has 3 rings (SSSR count). The largest absolute Gasteiger partial charge is 0.483 e. The molecule has 0 aliphatic carbocycles. The van der Waals surface area contributed by atoms with E-state index in [0.29, 0.717) is 19.8 Å². The van der Waals surface area contributed by atoms with Crippen LogP contribution in [0.5, 0.6) is 5.75 Å². The molecule has 28 heavy (non-hydrogen) atoms. The molecule has 1 amide bonds. The standard InChI is InChI=1S/C22H27FN2O3/c1-2-17-5-3-4-6-21(17)28-16-22(26)24-15-20(25-11-13-27-14-12-25)18-7-9-19(23)10-8-18/h3-10,20H,2,11-16H2,1H3,(H,24,26). The van der Waals surface area contributed by atoms with Crippen LogP contribution in [0.3, 0.4) is 0 Å². The average molecular weight is 386 g/mol. The van der Waals surface area contributed by atoms with Crippen LogP contribution in [0.4, 0.5) is 4.39 Å². The summed E-state index contributed by atoms with van der Waals surface area (Å²) < 4.78 is 24.4. The Kier molecular flexibility index (Phi) is 7.39. The molecule has 1 N–H and O–H groups in total. The van der Waals surface area contributed by atoms with Crippen molar-refractivity contribution in [2.45, 2.75) is 19.4 Å². The van der Waals surface area contributed by atoms with E-state index < -0.39 is 0 Å². The highest BCUT2D eigenvalue weighted by molar-refractivity contribution is 5.77. The third-order valence-corrected chi connectivity index (χ3v) is 4.95. The first-order valence-electron chi connectivity index (χ1n) is 9.72. The molecule has 1 aliphatic rings. The second-order valence-corrected chi connectivity index (χ2v) is 6.77. The highest BCUT2D eigenvalue weighted by atomic mass is 19.1. The van der Waals surface area contributed by atoms with Gasteiger partial charge in [0, 0.05) is 19.6 Å². The smallest absolute Gasteiger partial charge is 0.258 e. The lowest BCUT2D eigenvalue weighted by molar-refractivity contribution is -0.123. The van der Waals surface area contributed by atoms with E-state index in [1.165, 1.54) is 12.1 Å². The fourth-order valence-corrected chi connectivity index (χ4v) is 3.37. The molecule has 5 nitrogen and oxygen atoms in total. The zero-order valence-electron chi connectivity index (χ0n) is 16.2. The molecule has 2 aromatic carbocycles. The van der Waals surface area contributed by atoms with Gasteiger partial charge in [0.1, 0.15) is 11.6 Å². The van der Waals surface area contributed by atoms with E-state index in [0.717, 1.165) is 36.4 Å². The summed E-state index contributed by atoms with van der Waals surface area (Å²) in [6.07, 6.45) is 0.849. The summed E-state index contributed by atoms with van der Waals surface area (Å²) in [5.74, 6) is 0.297. The van der Waals surface area contributed by atoms with Crippen molar-refractivity contribution in [3.8, 4) is 5.75 Å². The molecule has 1 atom stereocenters. The number of halogens is 1. The first kappa shape index (κ1) is 20.3. The molecule has 0 aromatic heterocycles. The van der Waals surface area contributed by atoms with E-state index >= 15 is 0 Å². The Morgan fingerprint density at radius 1 is 1.18 bits per heavy atom. The zero-order chi connectivity index (χ0) is 19.8. The van der Waals surface area contributed by atoms with Crippen molar-refractivity contribution in [3.05, 3.63) is 65.5 Å². The Bertz CT molecular complexity index is 761. The highest BCUT2D eigenvalue weighted by Gasteiger charge is 2.23. The molecular formula is C22H27FN2O3. The van der Waals surface area contributed by atoms with Crippen molar-refractivity contribution in [3.63, 3.8) is 0 Å². The Morgan fingerprint density at radius 2 is 1.89 bits per heavy atom. The summed E-state index contributed by atoms with van der Waals surface area (Å²) in [7, 11) is 0. The molecule has 6 heteroatoms. The van der Waals surface area contributed by atoms with E-state index in [9.17, 15) is 9.18 Å². The quantitative estimate of drug-likeness (QED) is 0.758. The zero-order valence-corrected chi connectivity index (χ0v) is 16.2. The van der Waals surface area contributed by atoms with Gasteiger partial charge in [-0.05, 0) is 35.7 Å². The number of ether oxygens (including phenoxy) is 2. The first-order chi connectivity index (χ1) is 13.7. The predicted molar refractivity (Wildman–Crippen MR) is 106 cm³/mol. The lowest BCUT2D eigenvalue weighted by atomic mass is 10.0. The maximum atomic E-state index is 13.3. The summed E-state index contributed by atoms with van der Waals surface area (Å²) >= 11 is 0. The number of benzene rings is 2. The number of amides is 1. The SMILES string of the molecule is CCc1ccccc1OCC(=O)NCC(c1ccc(F)cc1)N1CCOCC1. The second-order valence-electron chi connectivity index (χ2n) is 6.77. The predicted octanol–water partition coefficient (Wildman–Crippen LogP) is 2.96.